The zero-order chi connectivity index (χ0) is 84.2. The van der Waals surface area contributed by atoms with Crippen molar-refractivity contribution in [3.63, 3.8) is 0 Å². The molecule has 129 heavy (non-hydrogen) atoms. The number of hydrogen-bond donors (Lipinski definition) is 0. The first-order valence-corrected chi connectivity index (χ1v) is 46.7. The maximum Gasteiger partial charge on any atom is 0.236 e. The number of nitrogens with zero attached hydrogens (tertiary/aromatic N) is 12. The van der Waals surface area contributed by atoms with Crippen LogP contribution in [0.1, 0.15) is 0 Å². The van der Waals surface area contributed by atoms with Crippen molar-refractivity contribution in [3.05, 3.63) is 364 Å². The highest BCUT2D eigenvalue weighted by molar-refractivity contribution is 7.28. The van der Waals surface area contributed by atoms with Gasteiger partial charge in [-0.15, -0.1) is 56.7 Å². The monoisotopic (exact) mass is 1740 g/mol. The van der Waals surface area contributed by atoms with Gasteiger partial charge < -0.3 is 4.42 Å². The fraction of sp³-hybridized carbons (Fsp3) is 0. The van der Waals surface area contributed by atoms with Crippen molar-refractivity contribution in [1.82, 2.24) is 58.6 Å². The molecule has 0 bridgehead atoms. The van der Waals surface area contributed by atoms with Gasteiger partial charge >= 0.3 is 0 Å². The summed E-state index contributed by atoms with van der Waals surface area (Å²) in [5.74, 6) is 2.90. The predicted octanol–water partition coefficient (Wildman–Crippen LogP) is 31.1. The number of pyridine rings is 3. The molecule has 18 heteroatoms. The van der Waals surface area contributed by atoms with Crippen LogP contribution in [-0.4, -0.2) is 58.6 Å². The van der Waals surface area contributed by atoms with Gasteiger partial charge in [-0.05, 0) is 78.9 Å². The average molecular weight is 1740 g/mol. The van der Waals surface area contributed by atoms with Gasteiger partial charge in [0.2, 0.25) is 11.9 Å². The van der Waals surface area contributed by atoms with Gasteiger partial charge in [0.25, 0.3) is 0 Å². The number of thiophene rings is 5. The summed E-state index contributed by atoms with van der Waals surface area (Å²) in [5.41, 5.74) is 18.6. The van der Waals surface area contributed by atoms with Crippen LogP contribution in [0.2, 0.25) is 0 Å². The topological polar surface area (TPSA) is 144 Å². The summed E-state index contributed by atoms with van der Waals surface area (Å²) in [6.45, 7) is 0. The van der Waals surface area contributed by atoms with E-state index < -0.39 is 0 Å². The molecule has 15 heterocycles. The molecule has 0 unspecified atom stereocenters. The first-order valence-electron chi connectivity index (χ1n) is 42.6. The number of benzene rings is 15. The van der Waals surface area contributed by atoms with E-state index in [1.807, 2.05) is 89.7 Å². The summed E-state index contributed by atoms with van der Waals surface area (Å²) < 4.78 is 25.3. The molecule has 0 atom stereocenters. The van der Waals surface area contributed by atoms with Crippen LogP contribution < -0.4 is 0 Å². The number of fused-ring (bicyclic) bond motifs is 36. The summed E-state index contributed by atoms with van der Waals surface area (Å²) in [6, 6.07) is 121. The average Bonchev–Trinajstić information content (AvgIpc) is 1.56. The van der Waals surface area contributed by atoms with Crippen LogP contribution in [0.5, 0.6) is 0 Å². The molecule has 0 N–H and O–H groups in total. The van der Waals surface area contributed by atoms with Crippen molar-refractivity contribution in [3.8, 4) is 51.6 Å². The summed E-state index contributed by atoms with van der Waals surface area (Å²) in [7, 11) is 0. The van der Waals surface area contributed by atoms with Gasteiger partial charge in [0.15, 0.2) is 17.2 Å². The number of aromatic nitrogens is 12. The molecule has 30 aromatic rings. The highest BCUT2D eigenvalue weighted by Crippen LogP contribution is 2.50. The minimum absolute atomic E-state index is 0.605. The highest BCUT2D eigenvalue weighted by Gasteiger charge is 2.29. The molecule has 0 spiro atoms. The Hall–Kier alpha value is -15.9. The van der Waals surface area contributed by atoms with E-state index in [1.165, 1.54) is 69.9 Å². The Labute approximate surface area is 750 Å². The zero-order valence-corrected chi connectivity index (χ0v) is 72.0. The Balaban J connectivity index is 0.0000000976. The van der Waals surface area contributed by atoms with E-state index in [-0.39, 0.29) is 0 Å². The molecule has 0 aliphatic heterocycles. The summed E-state index contributed by atoms with van der Waals surface area (Å²) >= 11 is 8.94. The molecule has 0 amide bonds. The lowest BCUT2D eigenvalue weighted by atomic mass is 10.1. The zero-order valence-electron chi connectivity index (χ0n) is 68.0. The maximum absolute atomic E-state index is 6.39. The lowest BCUT2D eigenvalue weighted by molar-refractivity contribution is 0.666. The SMILES string of the molecule is c1ccc(-c2nc(-n3c4ccccc4c4cnc5c(ccc6c7ccccc7sc65)c43)c3sc4ccccc4c3n2)cc1.c1ccc(-c2nc(-n3c4ccccc4c4cnc5c(ccc6c7ccccc7sc65)c43)nc3c2oc2ccccc23)cc1.c1ccc(-c2nc(-n3c4ccccc4c4cnc5c(ccc6c7ccccc7sc65)c43)nc3c2sc2ccccc23)cc1. The van der Waals surface area contributed by atoms with E-state index in [0.29, 0.717) is 17.5 Å². The summed E-state index contributed by atoms with van der Waals surface area (Å²) in [4.78, 5) is 47.0. The van der Waals surface area contributed by atoms with E-state index in [9.17, 15) is 0 Å². The van der Waals surface area contributed by atoms with Gasteiger partial charge in [0, 0.05) is 156 Å². The van der Waals surface area contributed by atoms with E-state index in [2.05, 4.69) is 311 Å². The van der Waals surface area contributed by atoms with Gasteiger partial charge in [-0.3, -0.25) is 28.7 Å². The van der Waals surface area contributed by atoms with Crippen LogP contribution in [0.3, 0.4) is 0 Å². The normalized spacial score (nSPS) is 12.2. The van der Waals surface area contributed by atoms with Crippen molar-refractivity contribution >= 4 is 278 Å². The minimum atomic E-state index is 0.605. The molecule has 13 nitrogen and oxygen atoms in total. The van der Waals surface area contributed by atoms with Gasteiger partial charge in [0.1, 0.15) is 16.8 Å². The van der Waals surface area contributed by atoms with Gasteiger partial charge in [-0.25, -0.2) is 29.9 Å². The fourth-order valence-corrected chi connectivity index (χ4v) is 25.6. The van der Waals surface area contributed by atoms with Crippen LogP contribution in [0, 0.1) is 0 Å². The van der Waals surface area contributed by atoms with Gasteiger partial charge in [0.05, 0.1) is 89.9 Å². The van der Waals surface area contributed by atoms with Crippen molar-refractivity contribution in [2.45, 2.75) is 0 Å². The molecule has 30 rings (SSSR count). The molecule has 15 aromatic carbocycles. The third-order valence-corrected chi connectivity index (χ3v) is 31.3. The van der Waals surface area contributed by atoms with Crippen LogP contribution in [0.15, 0.2) is 369 Å². The Bertz CT molecular complexity index is 9620. The predicted molar refractivity (Wildman–Crippen MR) is 543 cm³/mol. The largest absolute Gasteiger partial charge is 0.452 e. The van der Waals surface area contributed by atoms with Crippen molar-refractivity contribution < 1.29 is 4.42 Å². The van der Waals surface area contributed by atoms with Crippen molar-refractivity contribution in [2.24, 2.45) is 0 Å². The molecule has 0 radical (unpaired) electrons. The van der Waals surface area contributed by atoms with Crippen LogP contribution in [-0.2, 0) is 0 Å². The van der Waals surface area contributed by atoms with Crippen LogP contribution in [0.25, 0.3) is 273 Å². The Morgan fingerprint density at radius 2 is 0.543 bits per heavy atom. The van der Waals surface area contributed by atoms with E-state index in [0.717, 1.165) is 186 Å². The number of para-hydroxylation sites is 4. The first kappa shape index (κ1) is 72.4. The maximum atomic E-state index is 6.39. The van der Waals surface area contributed by atoms with E-state index in [1.54, 1.807) is 34.0 Å². The molecule has 0 fully saturated rings. The quantitative estimate of drug-likeness (QED) is 0.158. The third-order valence-electron chi connectivity index (χ3n) is 25.4. The number of hydrogen-bond acceptors (Lipinski definition) is 15. The minimum Gasteiger partial charge on any atom is -0.452 e. The smallest absolute Gasteiger partial charge is 0.236 e. The molecule has 600 valence electrons. The van der Waals surface area contributed by atoms with Crippen molar-refractivity contribution in [1.29, 1.82) is 0 Å². The molecule has 15 aromatic heterocycles. The molecule has 0 aliphatic rings. The number of furan rings is 1. The Morgan fingerprint density at radius 3 is 1.02 bits per heavy atom. The highest BCUT2D eigenvalue weighted by atomic mass is 32.1. The fourth-order valence-electron chi connectivity index (χ4n) is 19.7. The number of rotatable bonds is 6. The lowest BCUT2D eigenvalue weighted by Crippen LogP contribution is -2.03. The second kappa shape index (κ2) is 28.3. The standard InChI is InChI=1S/C37H20N4OS.2C37H20N4S2/c1-2-10-21(11-3-1)31-35-32(25-14-5-8-16-29(25)42-35)40-37(39-31)41-28-15-7-4-12-22(28)27-20-38-33-26(34(27)41)19-18-24-23-13-6-9-17-30(23)43-36(24)33;1-2-10-21(11-3-1)36-39-32-25-14-6-9-17-30(25)43-35(32)37(40-36)41-28-15-7-4-12-22(28)27-20-38-31-26(33(27)41)19-18-24-23-13-5-8-16-29(23)42-34(24)31;1-2-10-21(11-3-1)31-36-33(25-14-6-9-17-30(25)43-36)40-37(39-31)41-28-15-7-4-12-22(28)27-20-38-32-26(34(27)41)19-18-24-23-13-5-8-16-29(23)42-35(24)32/h3*1-20H. The molecular formula is C111H60N12OS5. The first-order chi connectivity index (χ1) is 64.0. The molecular weight excluding hydrogens is 1680 g/mol. The van der Waals surface area contributed by atoms with E-state index >= 15 is 0 Å². The van der Waals surface area contributed by atoms with Crippen LogP contribution >= 0.6 is 56.7 Å². The van der Waals surface area contributed by atoms with Crippen LogP contribution in [0.4, 0.5) is 0 Å². The summed E-state index contributed by atoms with van der Waals surface area (Å²) in [5, 5.41) is 20.9. The Morgan fingerprint density at radius 1 is 0.209 bits per heavy atom. The summed E-state index contributed by atoms with van der Waals surface area (Å²) in [6.07, 6.45) is 6.11. The molecule has 0 saturated heterocycles. The second-order valence-corrected chi connectivity index (χ2v) is 37.7. The van der Waals surface area contributed by atoms with Crippen molar-refractivity contribution in [2.75, 3.05) is 0 Å². The van der Waals surface area contributed by atoms with E-state index in [4.69, 9.17) is 49.3 Å². The van der Waals surface area contributed by atoms with Gasteiger partial charge in [-0.2, -0.15) is 0 Å². The lowest BCUT2D eigenvalue weighted by Gasteiger charge is -2.12. The third kappa shape index (κ3) is 10.9. The molecule has 0 saturated carbocycles. The Kier molecular flexibility index (Phi) is 15.9. The second-order valence-electron chi connectivity index (χ2n) is 32.5. The van der Waals surface area contributed by atoms with Gasteiger partial charge in [-0.1, -0.05) is 267 Å². The molecule has 0 aliphatic carbocycles.